The van der Waals surface area contributed by atoms with Crippen molar-refractivity contribution in [2.75, 3.05) is 6.61 Å². The SMILES string of the molecule is CC(C)(C)OC(=O)N1C(CO[Si](C)(C)C(C)(C)C)C(O)CC1C1CC1. The number of rotatable bonds is 4. The van der Waals surface area contributed by atoms with Crippen molar-refractivity contribution in [2.24, 2.45) is 5.92 Å². The molecule has 1 N–H and O–H groups in total. The van der Waals surface area contributed by atoms with Gasteiger partial charge >= 0.3 is 6.09 Å². The van der Waals surface area contributed by atoms with Gasteiger partial charge in [0.15, 0.2) is 8.32 Å². The Labute approximate surface area is 154 Å². The van der Waals surface area contributed by atoms with Gasteiger partial charge in [-0.3, -0.25) is 4.90 Å². The fraction of sp³-hybridized carbons (Fsp3) is 0.947. The minimum absolute atomic E-state index is 0.0814. The molecule has 5 nitrogen and oxygen atoms in total. The third-order valence-corrected chi connectivity index (χ3v) is 10.3. The lowest BCUT2D eigenvalue weighted by Crippen LogP contribution is -2.51. The van der Waals surface area contributed by atoms with Crippen LogP contribution < -0.4 is 0 Å². The molecule has 1 aliphatic carbocycles. The Balaban J connectivity index is 2.14. The van der Waals surface area contributed by atoms with E-state index in [1.807, 2.05) is 20.8 Å². The summed E-state index contributed by atoms with van der Waals surface area (Å²) in [6, 6.07) is -0.229. The van der Waals surface area contributed by atoms with Gasteiger partial charge in [0.2, 0.25) is 0 Å². The number of likely N-dealkylation sites (tertiary alicyclic amines) is 1. The summed E-state index contributed by atoms with van der Waals surface area (Å²) in [4.78, 5) is 14.6. The molecule has 2 rings (SSSR count). The summed E-state index contributed by atoms with van der Waals surface area (Å²) < 4.78 is 12.0. The van der Waals surface area contributed by atoms with Crippen molar-refractivity contribution in [1.29, 1.82) is 0 Å². The van der Waals surface area contributed by atoms with Gasteiger partial charge in [-0.2, -0.15) is 0 Å². The molecule has 1 aliphatic heterocycles. The van der Waals surface area contributed by atoms with Crippen LogP contribution in [-0.2, 0) is 9.16 Å². The van der Waals surface area contributed by atoms with Gasteiger partial charge in [-0.05, 0) is 64.1 Å². The van der Waals surface area contributed by atoms with Gasteiger partial charge in [0.25, 0.3) is 0 Å². The molecule has 0 bridgehead atoms. The van der Waals surface area contributed by atoms with E-state index in [-0.39, 0.29) is 23.2 Å². The van der Waals surface area contributed by atoms with Crippen LogP contribution in [0.3, 0.4) is 0 Å². The molecule has 2 fully saturated rings. The van der Waals surface area contributed by atoms with Crippen LogP contribution in [0.4, 0.5) is 4.79 Å². The molecule has 146 valence electrons. The number of hydrogen-bond donors (Lipinski definition) is 1. The van der Waals surface area contributed by atoms with Gasteiger partial charge in [-0.25, -0.2) is 4.79 Å². The highest BCUT2D eigenvalue weighted by Gasteiger charge is 2.51. The summed E-state index contributed by atoms with van der Waals surface area (Å²) in [6.45, 7) is 17.0. The molecular formula is C19H37NO4Si. The normalized spacial score (nSPS) is 28.4. The minimum Gasteiger partial charge on any atom is -0.444 e. The lowest BCUT2D eigenvalue weighted by Gasteiger charge is -2.39. The monoisotopic (exact) mass is 371 g/mol. The largest absolute Gasteiger partial charge is 0.444 e. The van der Waals surface area contributed by atoms with Crippen LogP contribution in [0.5, 0.6) is 0 Å². The Morgan fingerprint density at radius 3 is 2.16 bits per heavy atom. The third-order valence-electron chi connectivity index (χ3n) is 5.83. The summed E-state index contributed by atoms with van der Waals surface area (Å²) in [5, 5.41) is 10.7. The van der Waals surface area contributed by atoms with E-state index in [9.17, 15) is 9.90 Å². The van der Waals surface area contributed by atoms with Crippen molar-refractivity contribution < 1.29 is 19.1 Å². The van der Waals surface area contributed by atoms with E-state index >= 15 is 0 Å². The molecule has 25 heavy (non-hydrogen) atoms. The molecule has 3 atom stereocenters. The smallest absolute Gasteiger partial charge is 0.410 e. The molecule has 0 aromatic carbocycles. The molecule has 1 saturated heterocycles. The average Bonchev–Trinajstić information content (AvgIpc) is 3.17. The number of aliphatic hydroxyl groups is 1. The highest BCUT2D eigenvalue weighted by Crippen LogP contribution is 2.43. The Morgan fingerprint density at radius 2 is 1.72 bits per heavy atom. The summed E-state index contributed by atoms with van der Waals surface area (Å²) in [6.07, 6.45) is 2.04. The minimum atomic E-state index is -1.94. The predicted octanol–water partition coefficient (Wildman–Crippen LogP) is 4.16. The zero-order valence-electron chi connectivity index (χ0n) is 17.3. The maximum absolute atomic E-state index is 12.8. The van der Waals surface area contributed by atoms with Crippen LogP contribution in [0, 0.1) is 5.92 Å². The number of amides is 1. The van der Waals surface area contributed by atoms with E-state index in [1.54, 1.807) is 4.90 Å². The number of nitrogens with zero attached hydrogens (tertiary/aromatic N) is 1. The van der Waals surface area contributed by atoms with E-state index < -0.39 is 20.0 Å². The molecule has 0 aromatic heterocycles. The summed E-state index contributed by atoms with van der Waals surface area (Å²) in [5.41, 5.74) is -0.538. The quantitative estimate of drug-likeness (QED) is 0.754. The summed E-state index contributed by atoms with van der Waals surface area (Å²) in [5.74, 6) is 0.500. The van der Waals surface area contributed by atoms with Crippen molar-refractivity contribution in [3.8, 4) is 0 Å². The second-order valence-electron chi connectivity index (χ2n) is 10.2. The van der Waals surface area contributed by atoms with E-state index in [0.717, 1.165) is 12.8 Å². The number of ether oxygens (including phenoxy) is 1. The number of carbonyl (C=O) groups is 1. The van der Waals surface area contributed by atoms with Gasteiger partial charge in [0.05, 0.1) is 18.8 Å². The van der Waals surface area contributed by atoms with Gasteiger partial charge in [0, 0.05) is 6.04 Å². The van der Waals surface area contributed by atoms with Crippen LogP contribution in [0.2, 0.25) is 18.1 Å². The Kier molecular flexibility index (Phi) is 5.68. The van der Waals surface area contributed by atoms with Crippen LogP contribution in [0.15, 0.2) is 0 Å². The Bertz CT molecular complexity index is 491. The molecule has 1 saturated carbocycles. The average molecular weight is 372 g/mol. The molecule has 6 heteroatoms. The maximum atomic E-state index is 12.8. The lowest BCUT2D eigenvalue weighted by atomic mass is 10.1. The first-order valence-electron chi connectivity index (χ1n) is 9.56. The Morgan fingerprint density at radius 1 is 1.16 bits per heavy atom. The van der Waals surface area contributed by atoms with Crippen LogP contribution in [-0.4, -0.2) is 54.8 Å². The van der Waals surface area contributed by atoms with Crippen molar-refractivity contribution in [3.63, 3.8) is 0 Å². The van der Waals surface area contributed by atoms with E-state index in [4.69, 9.17) is 9.16 Å². The number of aliphatic hydroxyl groups excluding tert-OH is 1. The van der Waals surface area contributed by atoms with E-state index in [2.05, 4.69) is 33.9 Å². The molecule has 3 unspecified atom stereocenters. The molecule has 2 aliphatic rings. The topological polar surface area (TPSA) is 59.0 Å². The number of hydrogen-bond acceptors (Lipinski definition) is 4. The standard InChI is InChI=1S/C19H37NO4Si/c1-18(2,3)24-17(22)20-14(13-9-10-13)11-16(21)15(20)12-23-25(7,8)19(4,5)6/h13-16,21H,9-12H2,1-8H3. The highest BCUT2D eigenvalue weighted by molar-refractivity contribution is 6.74. The zero-order chi connectivity index (χ0) is 19.2. The van der Waals surface area contributed by atoms with Gasteiger partial charge in [0.1, 0.15) is 5.60 Å². The van der Waals surface area contributed by atoms with E-state index in [1.165, 1.54) is 0 Å². The summed E-state index contributed by atoms with van der Waals surface area (Å²) in [7, 11) is -1.94. The van der Waals surface area contributed by atoms with Crippen molar-refractivity contribution in [1.82, 2.24) is 4.90 Å². The van der Waals surface area contributed by atoms with Crippen molar-refractivity contribution in [2.45, 2.75) is 103 Å². The van der Waals surface area contributed by atoms with Gasteiger partial charge in [-0.15, -0.1) is 0 Å². The molecule has 0 aromatic rings. The van der Waals surface area contributed by atoms with Crippen molar-refractivity contribution in [3.05, 3.63) is 0 Å². The van der Waals surface area contributed by atoms with Crippen molar-refractivity contribution >= 4 is 14.4 Å². The molecule has 0 radical (unpaired) electrons. The lowest BCUT2D eigenvalue weighted by molar-refractivity contribution is -0.000936. The second-order valence-corrected chi connectivity index (χ2v) is 15.0. The van der Waals surface area contributed by atoms with Gasteiger partial charge < -0.3 is 14.3 Å². The number of carbonyl (C=O) groups excluding carboxylic acids is 1. The zero-order valence-corrected chi connectivity index (χ0v) is 18.3. The predicted molar refractivity (Wildman–Crippen MR) is 102 cm³/mol. The first kappa shape index (κ1) is 20.7. The van der Waals surface area contributed by atoms with Gasteiger partial charge in [-0.1, -0.05) is 20.8 Å². The first-order valence-corrected chi connectivity index (χ1v) is 12.5. The van der Waals surface area contributed by atoms with Crippen LogP contribution >= 0.6 is 0 Å². The molecule has 1 heterocycles. The first-order chi connectivity index (χ1) is 11.2. The summed E-state index contributed by atoms with van der Waals surface area (Å²) >= 11 is 0. The molecule has 0 spiro atoms. The third kappa shape index (κ3) is 4.98. The molecular weight excluding hydrogens is 334 g/mol. The molecule has 1 amide bonds. The van der Waals surface area contributed by atoms with E-state index in [0.29, 0.717) is 18.9 Å². The van der Waals surface area contributed by atoms with Crippen LogP contribution in [0.25, 0.3) is 0 Å². The fourth-order valence-electron chi connectivity index (χ4n) is 3.14. The van der Waals surface area contributed by atoms with Crippen LogP contribution in [0.1, 0.15) is 60.8 Å². The maximum Gasteiger partial charge on any atom is 0.410 e. The Hall–Kier alpha value is -0.593. The second kappa shape index (κ2) is 6.85. The highest BCUT2D eigenvalue weighted by atomic mass is 28.4. The fourth-order valence-corrected chi connectivity index (χ4v) is 4.16.